The third-order valence-electron chi connectivity index (χ3n) is 9.35. The second-order valence-electron chi connectivity index (χ2n) is 13.5. The van der Waals surface area contributed by atoms with Gasteiger partial charge in [0.2, 0.25) is 11.8 Å². The topological polar surface area (TPSA) is 120 Å². The number of hydrogen-bond donors (Lipinski definition) is 1. The Morgan fingerprint density at radius 1 is 1.05 bits per heavy atom. The number of nitrogens with zero attached hydrogens (tertiary/aromatic N) is 3. The molecule has 2 bridgehead atoms. The molecule has 0 radical (unpaired) electrons. The van der Waals surface area contributed by atoms with Gasteiger partial charge in [0.1, 0.15) is 29.7 Å². The molecule has 5 rings (SSSR count). The molecule has 3 aliphatic rings. The van der Waals surface area contributed by atoms with Crippen LogP contribution in [0.25, 0.3) is 11.0 Å². The molecule has 0 unspecified atom stereocenters. The van der Waals surface area contributed by atoms with Crippen molar-refractivity contribution in [1.29, 1.82) is 0 Å². The van der Waals surface area contributed by atoms with Gasteiger partial charge < -0.3 is 24.4 Å². The summed E-state index contributed by atoms with van der Waals surface area (Å²) >= 11 is 0. The lowest BCUT2D eigenvalue weighted by Crippen LogP contribution is -2.57. The van der Waals surface area contributed by atoms with E-state index in [1.165, 1.54) is 11.8 Å². The Bertz CT molecular complexity index is 1380. The van der Waals surface area contributed by atoms with Crippen LogP contribution in [0.4, 0.5) is 9.18 Å². The van der Waals surface area contributed by atoms with Crippen molar-refractivity contribution in [2.75, 3.05) is 20.3 Å². The van der Waals surface area contributed by atoms with Crippen molar-refractivity contribution in [2.24, 2.45) is 17.3 Å². The van der Waals surface area contributed by atoms with Crippen molar-refractivity contribution in [3.8, 4) is 11.6 Å². The lowest BCUT2D eigenvalue weighted by atomic mass is 9.85. The van der Waals surface area contributed by atoms with Gasteiger partial charge in [0.05, 0.1) is 43.3 Å². The van der Waals surface area contributed by atoms with Crippen LogP contribution >= 0.6 is 0 Å². The molecule has 1 aromatic carbocycles. The first-order valence-corrected chi connectivity index (χ1v) is 15.9. The van der Waals surface area contributed by atoms with Gasteiger partial charge in [-0.25, -0.2) is 14.8 Å². The normalized spacial score (nSPS) is 28.6. The van der Waals surface area contributed by atoms with Crippen molar-refractivity contribution in [3.63, 3.8) is 0 Å². The second-order valence-corrected chi connectivity index (χ2v) is 13.5. The number of aryl methyl sites for hydroxylation is 1. The molecule has 1 saturated carbocycles. The van der Waals surface area contributed by atoms with Gasteiger partial charge in [-0.15, -0.1) is 0 Å². The first-order chi connectivity index (χ1) is 21.0. The van der Waals surface area contributed by atoms with E-state index in [9.17, 15) is 18.8 Å². The van der Waals surface area contributed by atoms with E-state index in [0.717, 1.165) is 44.9 Å². The molecule has 10 nitrogen and oxygen atoms in total. The Hall–Kier alpha value is -3.50. The van der Waals surface area contributed by atoms with E-state index in [4.69, 9.17) is 24.2 Å². The molecule has 1 N–H and O–H groups in total. The average molecular weight is 613 g/mol. The Kier molecular flexibility index (Phi) is 9.60. The Balaban J connectivity index is 1.54. The summed E-state index contributed by atoms with van der Waals surface area (Å²) in [5.74, 6) is -0.580. The van der Waals surface area contributed by atoms with E-state index < -0.39 is 48.2 Å². The second kappa shape index (κ2) is 13.2. The van der Waals surface area contributed by atoms with E-state index in [1.807, 2.05) is 32.9 Å². The zero-order valence-electron chi connectivity index (χ0n) is 26.4. The first-order valence-electron chi connectivity index (χ1n) is 15.9. The summed E-state index contributed by atoms with van der Waals surface area (Å²) in [6, 6.07) is 3.38. The molecule has 1 aromatic heterocycles. The lowest BCUT2D eigenvalue weighted by Gasteiger charge is -2.35. The first kappa shape index (κ1) is 31.9. The molecule has 2 aromatic rings. The van der Waals surface area contributed by atoms with Crippen molar-refractivity contribution in [2.45, 2.75) is 103 Å². The van der Waals surface area contributed by atoms with Gasteiger partial charge in [-0.05, 0) is 68.9 Å². The summed E-state index contributed by atoms with van der Waals surface area (Å²) in [5, 5.41) is 2.81. The summed E-state index contributed by atoms with van der Waals surface area (Å²) in [7, 11) is 1.57. The third kappa shape index (κ3) is 6.76. The molecule has 240 valence electrons. The Morgan fingerprint density at radius 3 is 2.52 bits per heavy atom. The smallest absolute Gasteiger partial charge is 0.408 e. The highest BCUT2D eigenvalue weighted by atomic mass is 19.1. The average Bonchev–Trinajstić information content (AvgIpc) is 3.58. The highest BCUT2D eigenvalue weighted by Gasteiger charge is 2.51. The Morgan fingerprint density at radius 2 is 1.82 bits per heavy atom. The zero-order valence-corrected chi connectivity index (χ0v) is 26.4. The zero-order chi connectivity index (χ0) is 31.6. The number of alkyl carbamates (subject to hydrolysis) is 1. The highest BCUT2D eigenvalue weighted by Crippen LogP contribution is 2.36. The number of carbonyl (C=O) groups excluding carboxylic acids is 3. The van der Waals surface area contributed by atoms with Crippen LogP contribution in [-0.4, -0.2) is 77.3 Å². The number of benzene rings is 1. The number of carbonyl (C=O) groups is 3. The summed E-state index contributed by atoms with van der Waals surface area (Å²) in [4.78, 5) is 51.4. The molecule has 0 spiro atoms. The molecule has 1 aliphatic carbocycles. The summed E-state index contributed by atoms with van der Waals surface area (Å²) < 4.78 is 32.5. The van der Waals surface area contributed by atoms with Crippen LogP contribution in [0.3, 0.4) is 0 Å². The molecular formula is C33H45FN4O6. The minimum atomic E-state index is -1.06. The number of ether oxygens (including phenoxy) is 3. The molecule has 2 fully saturated rings. The fourth-order valence-electron chi connectivity index (χ4n) is 6.98. The largest absolute Gasteiger partial charge is 0.497 e. The number of halogens is 1. The van der Waals surface area contributed by atoms with Gasteiger partial charge in [-0.2, -0.15) is 0 Å². The van der Waals surface area contributed by atoms with Gasteiger partial charge in [0.15, 0.2) is 5.78 Å². The number of fused-ring (bicyclic) bond motifs is 5. The van der Waals surface area contributed by atoms with E-state index in [2.05, 4.69) is 5.32 Å². The van der Waals surface area contributed by atoms with Crippen molar-refractivity contribution in [3.05, 3.63) is 23.9 Å². The number of aromatic nitrogens is 2. The number of alkyl halides is 1. The number of rotatable bonds is 3. The molecule has 11 heteroatoms. The van der Waals surface area contributed by atoms with Crippen LogP contribution in [-0.2, 0) is 20.7 Å². The molecular weight excluding hydrogens is 567 g/mol. The molecule has 44 heavy (non-hydrogen) atoms. The van der Waals surface area contributed by atoms with E-state index in [-0.39, 0.29) is 30.2 Å². The van der Waals surface area contributed by atoms with Crippen LogP contribution in [0.2, 0.25) is 0 Å². The van der Waals surface area contributed by atoms with Gasteiger partial charge in [-0.3, -0.25) is 14.0 Å². The standard InChI is InChI=1S/C33H45FN4O6/c1-19(39)28-22(17-34)27-18-38(28)31(40)29(33(2,3)4)37-32(41)44-26-13-9-11-20(26)10-7-6-8-12-24-30(43-27)36-25-16-21(42-5)14-15-23(25)35-24/h14-16,20,22,26-29H,6-13,17-18H2,1-5H3,(H,37,41)/t20-,22-,26-,27+,28-,29-/m1/s1. The van der Waals surface area contributed by atoms with E-state index >= 15 is 0 Å². The molecule has 2 amide bonds. The minimum absolute atomic E-state index is 0.0387. The van der Waals surface area contributed by atoms with Crippen molar-refractivity contribution in [1.82, 2.24) is 20.2 Å². The molecule has 3 heterocycles. The van der Waals surface area contributed by atoms with Crippen molar-refractivity contribution >= 4 is 28.8 Å². The number of Topliss-reactive ketones (excluding diaryl/α,β-unsaturated/α-hetero) is 1. The summed E-state index contributed by atoms with van der Waals surface area (Å²) in [5.41, 5.74) is 1.20. The fourth-order valence-corrected chi connectivity index (χ4v) is 6.98. The third-order valence-corrected chi connectivity index (χ3v) is 9.35. The van der Waals surface area contributed by atoms with Crippen LogP contribution in [0.1, 0.15) is 78.3 Å². The Labute approximate surface area is 258 Å². The monoisotopic (exact) mass is 612 g/mol. The molecule has 2 aliphatic heterocycles. The van der Waals surface area contributed by atoms with Crippen molar-refractivity contribution < 1.29 is 33.0 Å². The lowest BCUT2D eigenvalue weighted by molar-refractivity contribution is -0.141. The van der Waals surface area contributed by atoms with Gasteiger partial charge in [0, 0.05) is 6.07 Å². The molecule has 1 saturated heterocycles. The van der Waals surface area contributed by atoms with E-state index in [0.29, 0.717) is 28.9 Å². The SMILES string of the molecule is COc1ccc2nc3c(nc2c1)O[C@H]1CN(C(=O)[C@H](C(C)(C)C)NC(=O)O[C@@H]2CCC[C@H]2CCCCC3)[C@H](C(C)=O)[C@@H]1CF. The van der Waals surface area contributed by atoms with Gasteiger partial charge in [-0.1, -0.05) is 33.6 Å². The van der Waals surface area contributed by atoms with Crippen LogP contribution < -0.4 is 14.8 Å². The van der Waals surface area contributed by atoms with Crippen LogP contribution in [0.5, 0.6) is 11.6 Å². The minimum Gasteiger partial charge on any atom is -0.497 e. The van der Waals surface area contributed by atoms with Crippen LogP contribution in [0.15, 0.2) is 18.2 Å². The highest BCUT2D eigenvalue weighted by molar-refractivity contribution is 5.92. The summed E-state index contributed by atoms with van der Waals surface area (Å²) in [6.45, 7) is 5.96. The molecule has 6 atom stereocenters. The maximum Gasteiger partial charge on any atom is 0.408 e. The van der Waals surface area contributed by atoms with Gasteiger partial charge in [0.25, 0.3) is 0 Å². The van der Waals surface area contributed by atoms with Crippen LogP contribution in [0, 0.1) is 17.3 Å². The number of methoxy groups -OCH3 is 1. The van der Waals surface area contributed by atoms with Gasteiger partial charge >= 0.3 is 6.09 Å². The predicted octanol–water partition coefficient (Wildman–Crippen LogP) is 5.20. The quantitative estimate of drug-likeness (QED) is 0.503. The maximum absolute atomic E-state index is 14.8. The number of ketones is 1. The number of hydrogen-bond acceptors (Lipinski definition) is 8. The summed E-state index contributed by atoms with van der Waals surface area (Å²) in [6.07, 6.45) is 5.41. The maximum atomic E-state index is 14.8. The van der Waals surface area contributed by atoms with E-state index in [1.54, 1.807) is 13.2 Å². The fraction of sp³-hybridized carbons (Fsp3) is 0.667. The predicted molar refractivity (Wildman–Crippen MR) is 162 cm³/mol. The number of nitrogens with one attached hydrogen (secondary N) is 1. The number of amides is 2.